The van der Waals surface area contributed by atoms with Crippen molar-refractivity contribution in [1.29, 1.82) is 0 Å². The highest BCUT2D eigenvalue weighted by atomic mass is 16.5. The molecule has 0 aliphatic carbocycles. The second-order valence-corrected chi connectivity index (χ2v) is 5.66. The Hall–Kier alpha value is -1.87. The Balaban J connectivity index is 2.02. The highest BCUT2D eigenvalue weighted by molar-refractivity contribution is 5.27. The van der Waals surface area contributed by atoms with E-state index in [-0.39, 0.29) is 6.10 Å². The molecule has 112 valence electrons. The molecule has 0 fully saturated rings. The van der Waals surface area contributed by atoms with Crippen LogP contribution in [0.1, 0.15) is 38.0 Å². The Morgan fingerprint density at radius 1 is 1.05 bits per heavy atom. The summed E-state index contributed by atoms with van der Waals surface area (Å²) in [7, 11) is 0. The average molecular weight is 284 g/mol. The second-order valence-electron chi connectivity index (χ2n) is 5.66. The van der Waals surface area contributed by atoms with Crippen LogP contribution in [0.15, 0.2) is 48.7 Å². The standard InChI is InChI=1S/C18H24N2O/c1-14(2)12-19-13-17-10-7-11-20-18(17)21-15(3)16-8-5-4-6-9-16/h4-11,14-15,19H,12-13H2,1-3H3. The Bertz CT molecular complexity index is 540. The number of aromatic nitrogens is 1. The molecular weight excluding hydrogens is 260 g/mol. The lowest BCUT2D eigenvalue weighted by Crippen LogP contribution is -2.20. The maximum atomic E-state index is 6.04. The number of nitrogens with zero attached hydrogens (tertiary/aromatic N) is 1. The van der Waals surface area contributed by atoms with Crippen molar-refractivity contribution in [3.05, 3.63) is 59.8 Å². The van der Waals surface area contributed by atoms with Crippen molar-refractivity contribution in [2.24, 2.45) is 5.92 Å². The third-order valence-corrected chi connectivity index (χ3v) is 3.28. The van der Waals surface area contributed by atoms with E-state index in [4.69, 9.17) is 4.74 Å². The zero-order valence-electron chi connectivity index (χ0n) is 13.0. The van der Waals surface area contributed by atoms with Crippen LogP contribution in [-0.2, 0) is 6.54 Å². The predicted molar refractivity (Wildman–Crippen MR) is 86.3 cm³/mol. The van der Waals surface area contributed by atoms with E-state index in [1.807, 2.05) is 24.3 Å². The van der Waals surface area contributed by atoms with Gasteiger partial charge in [0.25, 0.3) is 0 Å². The van der Waals surface area contributed by atoms with Gasteiger partial charge in [0.15, 0.2) is 0 Å². The minimum Gasteiger partial charge on any atom is -0.470 e. The lowest BCUT2D eigenvalue weighted by molar-refractivity contribution is 0.214. The number of benzene rings is 1. The third kappa shape index (κ3) is 4.87. The molecule has 2 rings (SSSR count). The lowest BCUT2D eigenvalue weighted by atomic mass is 10.1. The van der Waals surface area contributed by atoms with Crippen LogP contribution in [-0.4, -0.2) is 11.5 Å². The van der Waals surface area contributed by atoms with Gasteiger partial charge in [-0.3, -0.25) is 0 Å². The molecule has 0 bridgehead atoms. The molecule has 0 spiro atoms. The van der Waals surface area contributed by atoms with Gasteiger partial charge in [-0.2, -0.15) is 0 Å². The van der Waals surface area contributed by atoms with Crippen molar-refractivity contribution in [3.8, 4) is 5.88 Å². The molecule has 3 nitrogen and oxygen atoms in total. The molecule has 0 aliphatic rings. The van der Waals surface area contributed by atoms with Gasteiger partial charge in [-0.15, -0.1) is 0 Å². The van der Waals surface area contributed by atoms with Crippen molar-refractivity contribution in [3.63, 3.8) is 0 Å². The molecule has 1 atom stereocenters. The molecule has 2 aromatic rings. The SMILES string of the molecule is CC(C)CNCc1cccnc1OC(C)c1ccccc1. The first-order valence-electron chi connectivity index (χ1n) is 7.53. The number of pyridine rings is 1. The molecule has 1 aromatic carbocycles. The van der Waals surface area contributed by atoms with Crippen molar-refractivity contribution in [2.45, 2.75) is 33.4 Å². The molecule has 1 aromatic heterocycles. The van der Waals surface area contributed by atoms with Gasteiger partial charge < -0.3 is 10.1 Å². The minimum absolute atomic E-state index is 0.00931. The van der Waals surface area contributed by atoms with Crippen LogP contribution in [0.3, 0.4) is 0 Å². The molecule has 1 unspecified atom stereocenters. The fourth-order valence-electron chi connectivity index (χ4n) is 2.12. The molecule has 0 saturated heterocycles. The maximum Gasteiger partial charge on any atom is 0.218 e. The summed E-state index contributed by atoms with van der Waals surface area (Å²) in [5.41, 5.74) is 2.25. The molecule has 0 saturated carbocycles. The summed E-state index contributed by atoms with van der Waals surface area (Å²) in [6.45, 7) is 8.22. The number of nitrogens with one attached hydrogen (secondary N) is 1. The van der Waals surface area contributed by atoms with E-state index in [0.717, 1.165) is 24.2 Å². The number of rotatable bonds is 7. The minimum atomic E-state index is -0.00931. The van der Waals surface area contributed by atoms with Crippen LogP contribution in [0, 0.1) is 5.92 Å². The van der Waals surface area contributed by atoms with Gasteiger partial charge in [-0.05, 0) is 31.0 Å². The topological polar surface area (TPSA) is 34.2 Å². The summed E-state index contributed by atoms with van der Waals surface area (Å²) in [5, 5.41) is 3.43. The summed E-state index contributed by atoms with van der Waals surface area (Å²) >= 11 is 0. The van der Waals surface area contributed by atoms with Crippen LogP contribution in [0.4, 0.5) is 0 Å². The molecule has 3 heteroatoms. The molecule has 1 heterocycles. The molecule has 0 aliphatic heterocycles. The molecule has 21 heavy (non-hydrogen) atoms. The molecule has 0 radical (unpaired) electrons. The Labute approximate surface area is 127 Å². The lowest BCUT2D eigenvalue weighted by Gasteiger charge is -2.17. The summed E-state index contributed by atoms with van der Waals surface area (Å²) in [6, 6.07) is 14.2. The monoisotopic (exact) mass is 284 g/mol. The van der Waals surface area contributed by atoms with Crippen LogP contribution in [0.25, 0.3) is 0 Å². The van der Waals surface area contributed by atoms with Gasteiger partial charge >= 0.3 is 0 Å². The van der Waals surface area contributed by atoms with Gasteiger partial charge in [0.2, 0.25) is 5.88 Å². The van der Waals surface area contributed by atoms with Gasteiger partial charge in [0.1, 0.15) is 6.10 Å². The largest absolute Gasteiger partial charge is 0.470 e. The third-order valence-electron chi connectivity index (χ3n) is 3.28. The van der Waals surface area contributed by atoms with Crippen LogP contribution in [0.2, 0.25) is 0 Å². The average Bonchev–Trinajstić information content (AvgIpc) is 2.49. The molecule has 1 N–H and O–H groups in total. The Morgan fingerprint density at radius 2 is 1.81 bits per heavy atom. The van der Waals surface area contributed by atoms with E-state index in [1.54, 1.807) is 6.20 Å². The maximum absolute atomic E-state index is 6.04. The first-order chi connectivity index (χ1) is 10.2. The van der Waals surface area contributed by atoms with E-state index >= 15 is 0 Å². The van der Waals surface area contributed by atoms with Gasteiger partial charge in [0.05, 0.1) is 0 Å². The van der Waals surface area contributed by atoms with E-state index in [0.29, 0.717) is 11.8 Å². The van der Waals surface area contributed by atoms with Crippen LogP contribution < -0.4 is 10.1 Å². The van der Waals surface area contributed by atoms with Crippen molar-refractivity contribution >= 4 is 0 Å². The Morgan fingerprint density at radius 3 is 2.52 bits per heavy atom. The van der Waals surface area contributed by atoms with Gasteiger partial charge in [0, 0.05) is 18.3 Å². The zero-order chi connectivity index (χ0) is 15.1. The second kappa shape index (κ2) is 7.79. The number of ether oxygens (including phenoxy) is 1. The zero-order valence-corrected chi connectivity index (χ0v) is 13.0. The van der Waals surface area contributed by atoms with Gasteiger partial charge in [-0.25, -0.2) is 4.98 Å². The molecule has 0 amide bonds. The van der Waals surface area contributed by atoms with Gasteiger partial charge in [-0.1, -0.05) is 50.2 Å². The van der Waals surface area contributed by atoms with Crippen LogP contribution in [0.5, 0.6) is 5.88 Å². The summed E-state index contributed by atoms with van der Waals surface area (Å²) in [4.78, 5) is 4.38. The first-order valence-corrected chi connectivity index (χ1v) is 7.53. The van der Waals surface area contributed by atoms with Crippen molar-refractivity contribution in [1.82, 2.24) is 10.3 Å². The van der Waals surface area contributed by atoms with Crippen molar-refractivity contribution in [2.75, 3.05) is 6.54 Å². The van der Waals surface area contributed by atoms with E-state index < -0.39 is 0 Å². The van der Waals surface area contributed by atoms with Crippen LogP contribution >= 0.6 is 0 Å². The predicted octanol–water partition coefficient (Wildman–Crippen LogP) is 3.97. The Kier molecular flexibility index (Phi) is 5.76. The normalized spacial score (nSPS) is 12.4. The number of hydrogen-bond donors (Lipinski definition) is 1. The highest BCUT2D eigenvalue weighted by Crippen LogP contribution is 2.22. The van der Waals surface area contributed by atoms with Crippen molar-refractivity contribution < 1.29 is 4.74 Å². The van der Waals surface area contributed by atoms with E-state index in [1.165, 1.54) is 0 Å². The highest BCUT2D eigenvalue weighted by Gasteiger charge is 2.11. The number of hydrogen-bond acceptors (Lipinski definition) is 3. The fourth-order valence-corrected chi connectivity index (χ4v) is 2.12. The quantitative estimate of drug-likeness (QED) is 0.835. The molecular formula is C18H24N2O. The summed E-state index contributed by atoms with van der Waals surface area (Å²) < 4.78 is 6.04. The van der Waals surface area contributed by atoms with E-state index in [2.05, 4.69) is 49.3 Å². The smallest absolute Gasteiger partial charge is 0.218 e. The fraction of sp³-hybridized carbons (Fsp3) is 0.389. The summed E-state index contributed by atoms with van der Waals surface area (Å²) in [5.74, 6) is 1.35. The first kappa shape index (κ1) is 15.5. The van der Waals surface area contributed by atoms with E-state index in [9.17, 15) is 0 Å². The summed E-state index contributed by atoms with van der Waals surface area (Å²) in [6.07, 6.45) is 1.77.